The zero-order valence-corrected chi connectivity index (χ0v) is 22.2. The molecule has 0 atom stereocenters. The Morgan fingerprint density at radius 3 is 0.760 bits per heavy atom. The molecule has 4 nitrogen and oxygen atoms in total. The van der Waals surface area contributed by atoms with Crippen LogP contribution in [0.2, 0.25) is 33.2 Å². The van der Waals surface area contributed by atoms with Gasteiger partial charge in [0, 0.05) is 20.2 Å². The third-order valence-electron chi connectivity index (χ3n) is 4.85. The average molecular weight is 409 g/mol. The third-order valence-corrected chi connectivity index (χ3v) is 19.3. The van der Waals surface area contributed by atoms with E-state index in [0.29, 0.717) is 0 Å². The number of rotatable bonds is 4. The maximum Gasteiger partial charge on any atom is 0.337 e. The molecule has 0 aliphatic rings. The summed E-state index contributed by atoms with van der Waals surface area (Å²) in [5.74, 6) is 0. The normalized spacial score (nSPS) is 16.3. The molecule has 0 aliphatic carbocycles. The second-order valence-electron chi connectivity index (χ2n) is 11.9. The highest BCUT2D eigenvalue weighted by Crippen LogP contribution is 2.54. The summed E-state index contributed by atoms with van der Waals surface area (Å²) < 4.78 is 13.1. The summed E-state index contributed by atoms with van der Waals surface area (Å²) in [6, 6.07) is 0. The molecular weight excluding hydrogens is 364 g/mol. The largest absolute Gasteiger partial charge is 0.415 e. The van der Waals surface area contributed by atoms with Crippen LogP contribution in [0.25, 0.3) is 0 Å². The molecule has 0 aliphatic heterocycles. The first kappa shape index (κ1) is 25.5. The van der Waals surface area contributed by atoms with Gasteiger partial charge in [0.05, 0.1) is 0 Å². The van der Waals surface area contributed by atoms with Gasteiger partial charge in [0.25, 0.3) is 0 Å². The van der Waals surface area contributed by atoms with Crippen molar-refractivity contribution < 1.29 is 17.8 Å². The minimum absolute atomic E-state index is 0.359. The van der Waals surface area contributed by atoms with E-state index in [9.17, 15) is 9.59 Å². The monoisotopic (exact) mass is 408 g/mol. The lowest BCUT2D eigenvalue weighted by molar-refractivity contribution is 0.212. The van der Waals surface area contributed by atoms with E-state index < -0.39 is 25.7 Å². The van der Waals surface area contributed by atoms with Gasteiger partial charge < -0.3 is 17.8 Å². The van der Waals surface area contributed by atoms with Gasteiger partial charge >= 0.3 is 25.7 Å². The Hall–Kier alpha value is 0.491. The van der Waals surface area contributed by atoms with Gasteiger partial charge in [-0.1, -0.05) is 83.1 Å². The van der Waals surface area contributed by atoms with Crippen molar-refractivity contribution in [1.29, 1.82) is 0 Å². The summed E-state index contributed by atoms with van der Waals surface area (Å²) >= 11 is 0. The molecule has 0 fully saturated rings. The molecule has 25 heavy (non-hydrogen) atoms. The van der Waals surface area contributed by atoms with E-state index in [4.69, 9.17) is 8.23 Å². The standard InChI is InChI=1S/C18H44O4Si3/c1-15(2,3)24(19,16(4,5)6)21-23(13,14)22-25(20,17(7,8)9)18(10,11)12/h19-20H,1-14H3. The summed E-state index contributed by atoms with van der Waals surface area (Å²) in [5, 5.41) is -1.44. The molecule has 0 saturated carbocycles. The molecule has 0 aromatic carbocycles. The van der Waals surface area contributed by atoms with Crippen molar-refractivity contribution >= 4 is 25.7 Å². The van der Waals surface area contributed by atoms with Crippen LogP contribution >= 0.6 is 0 Å². The van der Waals surface area contributed by atoms with Crippen LogP contribution in [0.15, 0.2) is 0 Å². The maximum atomic E-state index is 11.6. The van der Waals surface area contributed by atoms with Crippen LogP contribution in [0.3, 0.4) is 0 Å². The van der Waals surface area contributed by atoms with Crippen molar-refractivity contribution in [3.8, 4) is 0 Å². The lowest BCUT2D eigenvalue weighted by atomic mass is 10.2. The summed E-state index contributed by atoms with van der Waals surface area (Å²) in [6.45, 7) is 28.3. The first-order valence-corrected chi connectivity index (χ1v) is 15.8. The SMILES string of the molecule is CC(C)(C)[Si](O)(O[Si](C)(C)O[Si](O)(C(C)(C)C)C(C)(C)C)C(C)(C)C. The Bertz CT molecular complexity index is 393. The molecule has 0 bridgehead atoms. The Morgan fingerprint density at radius 1 is 0.480 bits per heavy atom. The molecular formula is C18H44O4Si3. The fourth-order valence-corrected chi connectivity index (χ4v) is 19.2. The predicted octanol–water partition coefficient (Wildman–Crippen LogP) is 5.79. The van der Waals surface area contributed by atoms with Gasteiger partial charge in [-0.3, -0.25) is 0 Å². The van der Waals surface area contributed by atoms with Crippen LogP contribution in [0.5, 0.6) is 0 Å². The number of hydrogen-bond donors (Lipinski definition) is 2. The Balaban J connectivity index is 6.01. The Kier molecular flexibility index (Phi) is 6.96. The van der Waals surface area contributed by atoms with Crippen LogP contribution < -0.4 is 0 Å². The zero-order chi connectivity index (χ0) is 20.9. The van der Waals surface area contributed by atoms with Crippen LogP contribution in [0.4, 0.5) is 0 Å². The first-order valence-electron chi connectivity index (χ1n) is 9.26. The van der Waals surface area contributed by atoms with Gasteiger partial charge in [-0.05, 0) is 13.1 Å². The highest BCUT2D eigenvalue weighted by atomic mass is 28.5. The molecule has 0 rings (SSSR count). The van der Waals surface area contributed by atoms with Gasteiger partial charge in [-0.2, -0.15) is 0 Å². The molecule has 0 unspecified atom stereocenters. The van der Waals surface area contributed by atoms with E-state index >= 15 is 0 Å². The highest BCUT2D eigenvalue weighted by molar-refractivity contribution is 6.88. The van der Waals surface area contributed by atoms with Crippen molar-refractivity contribution in [2.45, 2.75) is 116 Å². The van der Waals surface area contributed by atoms with E-state index in [0.717, 1.165) is 0 Å². The van der Waals surface area contributed by atoms with Crippen molar-refractivity contribution in [3.05, 3.63) is 0 Å². The molecule has 7 heteroatoms. The van der Waals surface area contributed by atoms with Crippen molar-refractivity contribution in [2.75, 3.05) is 0 Å². The van der Waals surface area contributed by atoms with Gasteiger partial charge in [-0.15, -0.1) is 0 Å². The van der Waals surface area contributed by atoms with Crippen LogP contribution in [0.1, 0.15) is 83.1 Å². The second-order valence-corrected chi connectivity index (χ2v) is 24.9. The molecule has 152 valence electrons. The van der Waals surface area contributed by atoms with Gasteiger partial charge in [0.2, 0.25) is 0 Å². The lowest BCUT2D eigenvalue weighted by Gasteiger charge is -2.53. The third kappa shape index (κ3) is 5.27. The van der Waals surface area contributed by atoms with Crippen LogP contribution in [-0.2, 0) is 8.23 Å². The summed E-state index contributed by atoms with van der Waals surface area (Å²) in [7, 11) is -9.11. The molecule has 0 aromatic rings. The van der Waals surface area contributed by atoms with Crippen LogP contribution in [-0.4, -0.2) is 35.3 Å². The first-order chi connectivity index (χ1) is 10.4. The molecule has 0 heterocycles. The topological polar surface area (TPSA) is 58.9 Å². The van der Waals surface area contributed by atoms with Gasteiger partial charge in [0.15, 0.2) is 0 Å². The fraction of sp³-hybridized carbons (Fsp3) is 1.00. The van der Waals surface area contributed by atoms with Gasteiger partial charge in [0.1, 0.15) is 0 Å². The van der Waals surface area contributed by atoms with Crippen molar-refractivity contribution in [3.63, 3.8) is 0 Å². The minimum atomic E-state index is -3.16. The van der Waals surface area contributed by atoms with E-state index in [2.05, 4.69) is 0 Å². The Morgan fingerprint density at radius 2 is 0.640 bits per heavy atom. The zero-order valence-electron chi connectivity index (χ0n) is 19.2. The number of hydrogen-bond acceptors (Lipinski definition) is 4. The lowest BCUT2D eigenvalue weighted by Crippen LogP contribution is -2.66. The summed E-state index contributed by atoms with van der Waals surface area (Å²) in [4.78, 5) is 23.3. The van der Waals surface area contributed by atoms with Gasteiger partial charge in [-0.25, -0.2) is 0 Å². The van der Waals surface area contributed by atoms with E-state index in [1.54, 1.807) is 0 Å². The van der Waals surface area contributed by atoms with E-state index in [1.807, 2.05) is 96.2 Å². The maximum absolute atomic E-state index is 11.6. The smallest absolute Gasteiger partial charge is 0.337 e. The van der Waals surface area contributed by atoms with Crippen LogP contribution in [0, 0.1) is 0 Å². The highest BCUT2D eigenvalue weighted by Gasteiger charge is 2.62. The molecule has 0 aromatic heterocycles. The van der Waals surface area contributed by atoms with E-state index in [-0.39, 0.29) is 20.2 Å². The fourth-order valence-electron chi connectivity index (χ4n) is 3.59. The molecule has 2 N–H and O–H groups in total. The van der Waals surface area contributed by atoms with E-state index in [1.165, 1.54) is 0 Å². The molecule has 0 spiro atoms. The molecule has 0 saturated heterocycles. The summed E-state index contributed by atoms with van der Waals surface area (Å²) in [5.41, 5.74) is 0. The molecule has 0 amide bonds. The second kappa shape index (κ2) is 6.83. The average Bonchev–Trinajstić information content (AvgIpc) is 2.20. The summed E-state index contributed by atoms with van der Waals surface area (Å²) in [6.07, 6.45) is 0. The van der Waals surface area contributed by atoms with Crippen molar-refractivity contribution in [1.82, 2.24) is 0 Å². The predicted molar refractivity (Wildman–Crippen MR) is 114 cm³/mol. The van der Waals surface area contributed by atoms with Crippen molar-refractivity contribution in [2.24, 2.45) is 0 Å². The minimum Gasteiger partial charge on any atom is -0.415 e. The quantitative estimate of drug-likeness (QED) is 0.578. The Labute approximate surface area is 160 Å². The molecule has 0 radical (unpaired) electrons.